The Morgan fingerprint density at radius 3 is 2.77 bits per heavy atom. The summed E-state index contributed by atoms with van der Waals surface area (Å²) in [6, 6.07) is 11.6. The van der Waals surface area contributed by atoms with Gasteiger partial charge in [0, 0.05) is 6.42 Å². The number of benzene rings is 1. The number of para-hydroxylation sites is 2. The Bertz CT molecular complexity index is 1450. The third-order valence-electron chi connectivity index (χ3n) is 5.73. The number of aryl methyl sites for hydroxylation is 2. The van der Waals surface area contributed by atoms with Gasteiger partial charge in [-0.2, -0.15) is 4.68 Å². The second-order valence-corrected chi connectivity index (χ2v) is 8.11. The topological polar surface area (TPSA) is 153 Å². The van der Waals surface area contributed by atoms with Crippen molar-refractivity contribution in [3.05, 3.63) is 65.1 Å². The molecule has 0 fully saturated rings. The van der Waals surface area contributed by atoms with E-state index in [0.29, 0.717) is 36.6 Å². The lowest BCUT2D eigenvalue weighted by Crippen LogP contribution is -2.30. The number of aliphatic imine (C=N–C) groups is 3. The first kappa shape index (κ1) is 22.4. The Hall–Kier alpha value is -4.41. The molecule has 11 nitrogen and oxygen atoms in total. The molecule has 0 aliphatic carbocycles. The molecule has 0 saturated heterocycles. The minimum absolute atomic E-state index is 0.0741. The van der Waals surface area contributed by atoms with Crippen molar-refractivity contribution < 1.29 is 9.21 Å². The molecule has 0 spiro atoms. The zero-order valence-electron chi connectivity index (χ0n) is 19.5. The number of carbonyl (C=O) groups is 1. The van der Waals surface area contributed by atoms with E-state index in [9.17, 15) is 4.79 Å². The van der Waals surface area contributed by atoms with Crippen molar-refractivity contribution in [3.8, 4) is 0 Å². The number of rotatable bonds is 8. The number of aromatic amines is 1. The fourth-order valence-corrected chi connectivity index (χ4v) is 3.97. The SMILES string of the molecule is CC/C(=N\CC(=O)c1nnn(C2=NCN=C2N)c1CCc1nc2ccccc2[nH]1)c1ccc(C)o1. The highest BCUT2D eigenvalue weighted by Gasteiger charge is 2.25. The summed E-state index contributed by atoms with van der Waals surface area (Å²) in [7, 11) is 0. The highest BCUT2D eigenvalue weighted by atomic mass is 16.3. The summed E-state index contributed by atoms with van der Waals surface area (Å²) >= 11 is 0. The molecular weight excluding hydrogens is 446 g/mol. The van der Waals surface area contributed by atoms with Crippen molar-refractivity contribution in [1.82, 2.24) is 25.0 Å². The Balaban J connectivity index is 1.42. The number of hydrogen-bond donors (Lipinski definition) is 2. The molecule has 3 aromatic heterocycles. The number of nitrogens with zero attached hydrogens (tertiary/aromatic N) is 7. The number of aromatic nitrogens is 5. The number of nitrogens with one attached hydrogen (secondary N) is 1. The molecule has 11 heteroatoms. The fourth-order valence-electron chi connectivity index (χ4n) is 3.97. The predicted molar refractivity (Wildman–Crippen MR) is 132 cm³/mol. The molecule has 0 bridgehead atoms. The molecule has 1 aliphatic heterocycles. The van der Waals surface area contributed by atoms with Gasteiger partial charge in [-0.15, -0.1) is 5.10 Å². The second-order valence-electron chi connectivity index (χ2n) is 8.11. The van der Waals surface area contributed by atoms with Crippen LogP contribution in [0.25, 0.3) is 11.0 Å². The predicted octanol–water partition coefficient (Wildman–Crippen LogP) is 2.50. The minimum atomic E-state index is -0.251. The van der Waals surface area contributed by atoms with Gasteiger partial charge in [0.2, 0.25) is 5.78 Å². The zero-order chi connectivity index (χ0) is 24.4. The van der Waals surface area contributed by atoms with Crippen molar-refractivity contribution in [1.29, 1.82) is 0 Å². The van der Waals surface area contributed by atoms with Crippen LogP contribution in [0.15, 0.2) is 55.8 Å². The molecule has 1 aromatic carbocycles. The lowest BCUT2D eigenvalue weighted by Gasteiger charge is -2.07. The largest absolute Gasteiger partial charge is 0.460 e. The summed E-state index contributed by atoms with van der Waals surface area (Å²) in [5.74, 6) is 2.65. The van der Waals surface area contributed by atoms with Gasteiger partial charge in [-0.05, 0) is 44.0 Å². The van der Waals surface area contributed by atoms with Crippen LogP contribution < -0.4 is 5.73 Å². The van der Waals surface area contributed by atoms with E-state index in [4.69, 9.17) is 10.2 Å². The van der Waals surface area contributed by atoms with Crippen molar-refractivity contribution in [2.75, 3.05) is 13.2 Å². The lowest BCUT2D eigenvalue weighted by molar-refractivity contribution is 0.0996. The van der Waals surface area contributed by atoms with Gasteiger partial charge in [0.15, 0.2) is 17.4 Å². The summed E-state index contributed by atoms with van der Waals surface area (Å²) in [4.78, 5) is 34.1. The maximum absolute atomic E-state index is 13.2. The molecule has 0 radical (unpaired) electrons. The standard InChI is InChI=1S/C24H25N9O2/c1-3-15(20-10-8-14(2)35-20)26-12-19(34)22-18(33(32-31-22)24-23(25)27-13-28-24)9-11-21-29-16-6-4-5-7-17(16)30-21/h4-8,10H,3,9,11-13H2,1-2H3,(H2,25,27)(H,29,30)/b26-15+. The third-order valence-corrected chi connectivity index (χ3v) is 5.73. The van der Waals surface area contributed by atoms with E-state index in [0.717, 1.165) is 28.3 Å². The van der Waals surface area contributed by atoms with Crippen LogP contribution in [-0.4, -0.2) is 61.3 Å². The van der Waals surface area contributed by atoms with E-state index in [2.05, 4.69) is 35.3 Å². The van der Waals surface area contributed by atoms with E-state index in [-0.39, 0.29) is 30.5 Å². The van der Waals surface area contributed by atoms with Gasteiger partial charge in [0.1, 0.15) is 30.6 Å². The van der Waals surface area contributed by atoms with Gasteiger partial charge in [-0.1, -0.05) is 24.3 Å². The Kier molecular flexibility index (Phi) is 6.04. The zero-order valence-corrected chi connectivity index (χ0v) is 19.5. The van der Waals surface area contributed by atoms with E-state index in [1.807, 2.05) is 50.2 Å². The van der Waals surface area contributed by atoms with Crippen LogP contribution in [0.5, 0.6) is 0 Å². The monoisotopic (exact) mass is 471 g/mol. The first-order valence-corrected chi connectivity index (χ1v) is 11.4. The Morgan fingerprint density at radius 1 is 1.20 bits per heavy atom. The van der Waals surface area contributed by atoms with Gasteiger partial charge in [-0.25, -0.2) is 15.0 Å². The summed E-state index contributed by atoms with van der Waals surface area (Å²) in [5.41, 5.74) is 9.39. The summed E-state index contributed by atoms with van der Waals surface area (Å²) in [6.07, 6.45) is 1.62. The van der Waals surface area contributed by atoms with E-state index >= 15 is 0 Å². The molecule has 178 valence electrons. The number of amidine groups is 1. The number of H-pyrrole nitrogens is 1. The Morgan fingerprint density at radius 2 is 2.06 bits per heavy atom. The van der Waals surface area contributed by atoms with Crippen molar-refractivity contribution in [2.24, 2.45) is 20.7 Å². The van der Waals surface area contributed by atoms with Gasteiger partial charge >= 0.3 is 0 Å². The normalized spacial score (nSPS) is 13.9. The van der Waals surface area contributed by atoms with Crippen LogP contribution in [0, 0.1) is 6.92 Å². The number of fused-ring (bicyclic) bond motifs is 1. The molecule has 1 aliphatic rings. The van der Waals surface area contributed by atoms with Crippen LogP contribution >= 0.6 is 0 Å². The number of hydrogen-bond acceptors (Lipinski definition) is 9. The van der Waals surface area contributed by atoms with Gasteiger partial charge < -0.3 is 15.1 Å². The maximum atomic E-state index is 13.2. The molecule has 0 saturated carbocycles. The van der Waals surface area contributed by atoms with Crippen molar-refractivity contribution in [3.63, 3.8) is 0 Å². The van der Waals surface area contributed by atoms with Crippen molar-refractivity contribution >= 4 is 34.2 Å². The van der Waals surface area contributed by atoms with Crippen LogP contribution in [0.3, 0.4) is 0 Å². The maximum Gasteiger partial charge on any atom is 0.206 e. The summed E-state index contributed by atoms with van der Waals surface area (Å²) in [6.45, 7) is 3.99. The average Bonchev–Trinajstić information content (AvgIpc) is 3.64. The summed E-state index contributed by atoms with van der Waals surface area (Å²) in [5, 5.41) is 8.37. The second kappa shape index (κ2) is 9.45. The quantitative estimate of drug-likeness (QED) is 0.297. The first-order chi connectivity index (χ1) is 17.0. The highest BCUT2D eigenvalue weighted by Crippen LogP contribution is 2.16. The molecule has 4 aromatic rings. The number of imidazole rings is 1. The molecule has 0 atom stereocenters. The Labute approximate surface area is 200 Å². The van der Waals surface area contributed by atoms with Gasteiger partial charge in [-0.3, -0.25) is 9.79 Å². The lowest BCUT2D eigenvalue weighted by atomic mass is 10.1. The van der Waals surface area contributed by atoms with Crippen molar-refractivity contribution in [2.45, 2.75) is 33.1 Å². The van der Waals surface area contributed by atoms with Crippen LogP contribution in [0.1, 0.15) is 46.9 Å². The molecule has 35 heavy (non-hydrogen) atoms. The first-order valence-electron chi connectivity index (χ1n) is 11.4. The van der Waals surface area contributed by atoms with Crippen LogP contribution in [0.2, 0.25) is 0 Å². The summed E-state index contributed by atoms with van der Waals surface area (Å²) < 4.78 is 7.17. The average molecular weight is 472 g/mol. The number of Topliss-reactive ketones (excluding diaryl/α,β-unsaturated/α-hetero) is 1. The molecule has 0 amide bonds. The molecule has 0 unspecified atom stereocenters. The number of ketones is 1. The number of nitrogens with two attached hydrogens (primary N) is 1. The smallest absolute Gasteiger partial charge is 0.206 e. The highest BCUT2D eigenvalue weighted by molar-refractivity contribution is 6.41. The van der Waals surface area contributed by atoms with E-state index < -0.39 is 0 Å². The molecule has 3 N–H and O–H groups in total. The van der Waals surface area contributed by atoms with E-state index in [1.165, 1.54) is 4.68 Å². The van der Waals surface area contributed by atoms with Gasteiger partial charge in [0.05, 0.1) is 22.4 Å². The molecule has 5 rings (SSSR count). The van der Waals surface area contributed by atoms with Gasteiger partial charge in [0.25, 0.3) is 0 Å². The third kappa shape index (κ3) is 4.52. The van der Waals surface area contributed by atoms with Crippen LogP contribution in [-0.2, 0) is 12.8 Å². The fraction of sp³-hybridized carbons (Fsp3) is 0.292. The van der Waals surface area contributed by atoms with E-state index in [1.54, 1.807) is 0 Å². The van der Waals surface area contributed by atoms with Crippen LogP contribution in [0.4, 0.5) is 0 Å². The number of furan rings is 1. The molecular formula is C24H25N9O2. The molecule has 4 heterocycles. The number of carbonyl (C=O) groups excluding carboxylic acids is 1. The minimum Gasteiger partial charge on any atom is -0.460 e.